The van der Waals surface area contributed by atoms with Gasteiger partial charge in [0, 0.05) is 11.6 Å². The average molecular weight is 132 g/mol. The van der Waals surface area contributed by atoms with Crippen LogP contribution in [0.5, 0.6) is 0 Å². The van der Waals surface area contributed by atoms with Crippen LogP contribution in [0.15, 0.2) is 17.2 Å². The molecule has 10 heavy (non-hydrogen) atoms. The average Bonchev–Trinajstić information content (AvgIpc) is 2.36. The summed E-state index contributed by atoms with van der Waals surface area (Å²) >= 11 is 0. The fourth-order valence-corrected chi connectivity index (χ4v) is 1.16. The third kappa shape index (κ3) is 1.18. The monoisotopic (exact) mass is 132 g/mol. The molecule has 0 bridgehead atoms. The Morgan fingerprint density at radius 3 is 2.90 bits per heavy atom. The van der Waals surface area contributed by atoms with E-state index in [-0.39, 0.29) is 0 Å². The predicted octanol–water partition coefficient (Wildman–Crippen LogP) is 1.49. The molecule has 0 heterocycles. The Hall–Kier alpha value is -1.25. The number of rotatable bonds is 1. The SMILES string of the molecule is C#CC1=C(C=C=O)CCC1. The molecule has 0 aromatic rings. The van der Waals surface area contributed by atoms with Gasteiger partial charge in [-0.15, -0.1) is 6.42 Å². The van der Waals surface area contributed by atoms with Gasteiger partial charge in [-0.05, 0) is 24.8 Å². The zero-order chi connectivity index (χ0) is 7.40. The van der Waals surface area contributed by atoms with Crippen molar-refractivity contribution in [2.75, 3.05) is 0 Å². The maximum absolute atomic E-state index is 9.94. The van der Waals surface area contributed by atoms with Gasteiger partial charge in [0.15, 0.2) is 0 Å². The second kappa shape index (κ2) is 3.06. The third-order valence-corrected chi connectivity index (χ3v) is 1.67. The van der Waals surface area contributed by atoms with Gasteiger partial charge in [-0.1, -0.05) is 5.92 Å². The Kier molecular flexibility index (Phi) is 2.10. The largest absolute Gasteiger partial charge is 0.233 e. The molecule has 1 aliphatic carbocycles. The lowest BCUT2D eigenvalue weighted by molar-refractivity contribution is 0.569. The summed E-state index contributed by atoms with van der Waals surface area (Å²) < 4.78 is 0. The zero-order valence-corrected chi connectivity index (χ0v) is 5.68. The highest BCUT2D eigenvalue weighted by atomic mass is 16.1. The van der Waals surface area contributed by atoms with Gasteiger partial charge in [0.2, 0.25) is 0 Å². The van der Waals surface area contributed by atoms with Crippen LogP contribution in [-0.4, -0.2) is 5.94 Å². The van der Waals surface area contributed by atoms with Crippen LogP contribution < -0.4 is 0 Å². The molecule has 0 amide bonds. The Bertz CT molecular complexity index is 246. The van der Waals surface area contributed by atoms with Crippen LogP contribution in [0.3, 0.4) is 0 Å². The van der Waals surface area contributed by atoms with Crippen LogP contribution in [0.4, 0.5) is 0 Å². The lowest BCUT2D eigenvalue weighted by Crippen LogP contribution is -1.74. The number of hydrogen-bond donors (Lipinski definition) is 0. The molecule has 0 radical (unpaired) electrons. The van der Waals surface area contributed by atoms with Crippen molar-refractivity contribution in [1.82, 2.24) is 0 Å². The first kappa shape index (κ1) is 6.86. The number of hydrogen-bond acceptors (Lipinski definition) is 1. The van der Waals surface area contributed by atoms with Gasteiger partial charge in [0.05, 0.1) is 0 Å². The standard InChI is InChI=1S/C9H8O/c1-2-8-4-3-5-9(8)6-7-10/h1,6H,3-5H2. The summed E-state index contributed by atoms with van der Waals surface area (Å²) in [5.74, 6) is 4.31. The van der Waals surface area contributed by atoms with E-state index in [0.717, 1.165) is 30.4 Å². The normalized spacial score (nSPS) is 16.3. The molecule has 0 aromatic heterocycles. The summed E-state index contributed by atoms with van der Waals surface area (Å²) in [6.45, 7) is 0. The van der Waals surface area contributed by atoms with Crippen LogP contribution >= 0.6 is 0 Å². The lowest BCUT2D eigenvalue weighted by atomic mass is 10.2. The predicted molar refractivity (Wildman–Crippen MR) is 40.0 cm³/mol. The van der Waals surface area contributed by atoms with Gasteiger partial charge >= 0.3 is 0 Å². The van der Waals surface area contributed by atoms with Gasteiger partial charge in [-0.25, -0.2) is 4.79 Å². The fourth-order valence-electron chi connectivity index (χ4n) is 1.16. The van der Waals surface area contributed by atoms with E-state index in [1.807, 2.05) is 0 Å². The van der Waals surface area contributed by atoms with Crippen LogP contribution in [0.1, 0.15) is 19.3 Å². The Labute approximate surface area is 60.4 Å². The molecule has 0 saturated carbocycles. The minimum absolute atomic E-state index is 0.939. The van der Waals surface area contributed by atoms with Crippen molar-refractivity contribution >= 4 is 5.94 Å². The van der Waals surface area contributed by atoms with Crippen LogP contribution in [0.2, 0.25) is 0 Å². The van der Waals surface area contributed by atoms with Crippen molar-refractivity contribution in [3.63, 3.8) is 0 Å². The molecule has 0 spiro atoms. The summed E-state index contributed by atoms with van der Waals surface area (Å²) in [6, 6.07) is 0. The van der Waals surface area contributed by atoms with Crippen LogP contribution in [0, 0.1) is 12.3 Å². The molecule has 0 N–H and O–H groups in total. The number of terminal acetylenes is 1. The Morgan fingerprint density at radius 2 is 2.30 bits per heavy atom. The van der Waals surface area contributed by atoms with E-state index in [1.54, 1.807) is 5.94 Å². The van der Waals surface area contributed by atoms with E-state index in [2.05, 4.69) is 5.92 Å². The first-order valence-corrected chi connectivity index (χ1v) is 3.28. The van der Waals surface area contributed by atoms with Gasteiger partial charge in [-0.2, -0.15) is 0 Å². The van der Waals surface area contributed by atoms with Crippen molar-refractivity contribution in [2.45, 2.75) is 19.3 Å². The summed E-state index contributed by atoms with van der Waals surface area (Å²) in [5, 5.41) is 0. The van der Waals surface area contributed by atoms with E-state index in [1.165, 1.54) is 6.08 Å². The summed E-state index contributed by atoms with van der Waals surface area (Å²) in [4.78, 5) is 9.94. The molecule has 0 aromatic carbocycles. The van der Waals surface area contributed by atoms with Crippen molar-refractivity contribution in [3.8, 4) is 12.3 Å². The highest BCUT2D eigenvalue weighted by Crippen LogP contribution is 2.25. The summed E-state index contributed by atoms with van der Waals surface area (Å²) in [5.41, 5.74) is 1.97. The van der Waals surface area contributed by atoms with Crippen molar-refractivity contribution in [2.24, 2.45) is 0 Å². The molecule has 0 saturated heterocycles. The molecule has 0 unspecified atom stereocenters. The topological polar surface area (TPSA) is 17.1 Å². The maximum atomic E-state index is 9.94. The smallest absolute Gasteiger partial charge is 0.124 e. The van der Waals surface area contributed by atoms with E-state index >= 15 is 0 Å². The number of carbonyl (C=O) groups excluding carboxylic acids is 1. The van der Waals surface area contributed by atoms with Gasteiger partial charge in [-0.3, -0.25) is 0 Å². The van der Waals surface area contributed by atoms with Crippen LogP contribution in [0.25, 0.3) is 0 Å². The van der Waals surface area contributed by atoms with Gasteiger partial charge in [0.25, 0.3) is 0 Å². The summed E-state index contributed by atoms with van der Waals surface area (Å²) in [7, 11) is 0. The quantitative estimate of drug-likeness (QED) is 0.390. The van der Waals surface area contributed by atoms with Crippen molar-refractivity contribution in [3.05, 3.63) is 17.2 Å². The van der Waals surface area contributed by atoms with E-state index in [9.17, 15) is 4.79 Å². The van der Waals surface area contributed by atoms with Gasteiger partial charge in [0.1, 0.15) is 5.94 Å². The van der Waals surface area contributed by atoms with E-state index in [0.29, 0.717) is 0 Å². The fraction of sp³-hybridized carbons (Fsp3) is 0.333. The van der Waals surface area contributed by atoms with Crippen molar-refractivity contribution in [1.29, 1.82) is 0 Å². The highest BCUT2D eigenvalue weighted by Gasteiger charge is 2.09. The molecule has 1 rings (SSSR count). The molecule has 0 fully saturated rings. The summed E-state index contributed by atoms with van der Waals surface area (Å²) in [6.07, 6.45) is 9.61. The van der Waals surface area contributed by atoms with Crippen LogP contribution in [-0.2, 0) is 4.79 Å². The van der Waals surface area contributed by atoms with Crippen molar-refractivity contribution < 1.29 is 4.79 Å². The Balaban J connectivity index is 2.91. The maximum Gasteiger partial charge on any atom is 0.124 e. The van der Waals surface area contributed by atoms with E-state index in [4.69, 9.17) is 6.42 Å². The third-order valence-electron chi connectivity index (χ3n) is 1.67. The Morgan fingerprint density at radius 1 is 1.50 bits per heavy atom. The molecule has 0 aliphatic heterocycles. The van der Waals surface area contributed by atoms with Gasteiger partial charge < -0.3 is 0 Å². The molecular weight excluding hydrogens is 124 g/mol. The second-order valence-electron chi connectivity index (χ2n) is 2.26. The first-order valence-electron chi connectivity index (χ1n) is 3.28. The molecule has 50 valence electrons. The highest BCUT2D eigenvalue weighted by molar-refractivity contribution is 5.56. The minimum atomic E-state index is 0.939. The molecule has 0 atom stereocenters. The first-order chi connectivity index (χ1) is 4.88. The minimum Gasteiger partial charge on any atom is -0.233 e. The van der Waals surface area contributed by atoms with E-state index < -0.39 is 0 Å². The second-order valence-corrected chi connectivity index (χ2v) is 2.26. The molecule has 1 heteroatoms. The molecule has 1 nitrogen and oxygen atoms in total. The zero-order valence-electron chi connectivity index (χ0n) is 5.68. The number of allylic oxidation sites excluding steroid dienone is 3. The lowest BCUT2D eigenvalue weighted by Gasteiger charge is -1.88. The molecular formula is C9H8O. The molecule has 1 aliphatic rings.